The van der Waals surface area contributed by atoms with Gasteiger partial charge in [0, 0.05) is 10.0 Å². The summed E-state index contributed by atoms with van der Waals surface area (Å²) in [4.78, 5) is 21.1. The molecule has 1 unspecified atom stereocenters. The Morgan fingerprint density at radius 3 is 2.32 bits per heavy atom. The highest BCUT2D eigenvalue weighted by molar-refractivity contribution is 9.10. The van der Waals surface area contributed by atoms with Gasteiger partial charge in [-0.1, -0.05) is 78.7 Å². The van der Waals surface area contributed by atoms with Crippen LogP contribution in [-0.2, 0) is 4.79 Å². The van der Waals surface area contributed by atoms with Gasteiger partial charge in [0.2, 0.25) is 0 Å². The van der Waals surface area contributed by atoms with Crippen LogP contribution in [0.5, 0.6) is 0 Å². The van der Waals surface area contributed by atoms with Crippen molar-refractivity contribution in [3.05, 3.63) is 69.7 Å². The zero-order valence-electron chi connectivity index (χ0n) is 19.3. The lowest BCUT2D eigenvalue weighted by Gasteiger charge is -2.46. The molecule has 0 radical (unpaired) electrons. The Labute approximate surface area is 195 Å². The fourth-order valence-electron chi connectivity index (χ4n) is 5.27. The van der Waals surface area contributed by atoms with Crippen LogP contribution >= 0.6 is 15.9 Å². The first kappa shape index (κ1) is 22.3. The number of halogens is 1. The average Bonchev–Trinajstić information content (AvgIpc) is 2.99. The average molecular weight is 481 g/mol. The second-order valence-corrected chi connectivity index (χ2v) is 11.3. The quantitative estimate of drug-likeness (QED) is 0.461. The van der Waals surface area contributed by atoms with Crippen molar-refractivity contribution in [2.24, 2.45) is 16.3 Å². The highest BCUT2D eigenvalue weighted by Gasteiger charge is 2.51. The van der Waals surface area contributed by atoms with Gasteiger partial charge in [-0.2, -0.15) is 0 Å². The summed E-state index contributed by atoms with van der Waals surface area (Å²) in [6.07, 6.45) is 4.05. The van der Waals surface area contributed by atoms with Crippen molar-refractivity contribution < 1.29 is 4.79 Å². The molecule has 164 valence electrons. The maximum absolute atomic E-state index is 13.8. The number of hydrogen-bond donors (Lipinski definition) is 0. The molecular weight excluding hydrogens is 448 g/mol. The third kappa shape index (κ3) is 4.24. The molecule has 1 spiro atoms. The largest absolute Gasteiger partial charge is 0.306 e. The van der Waals surface area contributed by atoms with Crippen molar-refractivity contribution in [2.75, 3.05) is 0 Å². The predicted molar refractivity (Wildman–Crippen MR) is 131 cm³/mol. The van der Waals surface area contributed by atoms with E-state index in [0.29, 0.717) is 11.6 Å². The van der Waals surface area contributed by atoms with Crippen LogP contribution in [0.25, 0.3) is 0 Å². The molecule has 1 saturated carbocycles. The van der Waals surface area contributed by atoms with Crippen LogP contribution in [0.4, 0.5) is 0 Å². The van der Waals surface area contributed by atoms with Crippen molar-refractivity contribution in [3.8, 4) is 0 Å². The summed E-state index contributed by atoms with van der Waals surface area (Å²) < 4.78 is 0.969. The summed E-state index contributed by atoms with van der Waals surface area (Å²) in [5.41, 5.74) is 3.75. The van der Waals surface area contributed by atoms with Crippen LogP contribution in [0.2, 0.25) is 0 Å². The Bertz CT molecular complexity index is 995. The normalized spacial score (nSPS) is 25.1. The van der Waals surface area contributed by atoms with E-state index < -0.39 is 5.66 Å². The molecule has 0 bridgehead atoms. The molecular formula is C27H33BrN2O. The highest BCUT2D eigenvalue weighted by Crippen LogP contribution is 2.49. The molecule has 31 heavy (non-hydrogen) atoms. The maximum Gasteiger partial charge on any atom is 0.275 e. The van der Waals surface area contributed by atoms with Crippen LogP contribution in [0.15, 0.2) is 58.0 Å². The summed E-state index contributed by atoms with van der Waals surface area (Å²) in [5.74, 6) is 0.718. The van der Waals surface area contributed by atoms with Gasteiger partial charge in [0.1, 0.15) is 11.4 Å². The molecule has 2 aliphatic rings. The molecule has 4 heteroatoms. The standard InChI is InChI=1S/C27H33BrN2O/c1-18-9-11-20(12-10-18)19(2)30-25(31)24(21-7-6-8-23(28)17-21)29-27(30)15-13-22(14-16-27)26(3,4)5/h6-12,17,19,22H,13-16H2,1-5H3. The zero-order chi connectivity index (χ0) is 22.4. The first-order valence-corrected chi connectivity index (χ1v) is 12.2. The van der Waals surface area contributed by atoms with Gasteiger partial charge in [-0.05, 0) is 68.6 Å². The first-order chi connectivity index (χ1) is 14.6. The molecule has 4 rings (SSSR count). The van der Waals surface area contributed by atoms with Crippen molar-refractivity contribution in [1.29, 1.82) is 0 Å². The number of nitrogens with zero attached hydrogens (tertiary/aromatic N) is 2. The molecule has 1 fully saturated rings. The molecule has 2 aromatic rings. The van der Waals surface area contributed by atoms with Crippen molar-refractivity contribution in [3.63, 3.8) is 0 Å². The van der Waals surface area contributed by atoms with E-state index in [-0.39, 0.29) is 17.4 Å². The van der Waals surface area contributed by atoms with E-state index in [0.717, 1.165) is 35.7 Å². The fourth-order valence-corrected chi connectivity index (χ4v) is 5.67. The molecule has 1 aliphatic heterocycles. The predicted octanol–water partition coefficient (Wildman–Crippen LogP) is 7.08. The number of carbonyl (C=O) groups is 1. The Kier molecular flexibility index (Phi) is 5.89. The Balaban J connectivity index is 1.73. The molecule has 0 saturated heterocycles. The van der Waals surface area contributed by atoms with Gasteiger partial charge >= 0.3 is 0 Å². The SMILES string of the molecule is Cc1ccc(C(C)N2C(=O)C(c3cccc(Br)c3)=NC23CCC(C(C)(C)C)CC3)cc1. The Morgan fingerprint density at radius 2 is 1.74 bits per heavy atom. The van der Waals surface area contributed by atoms with Crippen molar-refractivity contribution in [2.45, 2.75) is 72.0 Å². The Hall–Kier alpha value is -1.94. The first-order valence-electron chi connectivity index (χ1n) is 11.4. The van der Waals surface area contributed by atoms with Crippen molar-refractivity contribution >= 4 is 27.5 Å². The summed E-state index contributed by atoms with van der Waals surface area (Å²) in [6, 6.07) is 16.5. The van der Waals surface area contributed by atoms with Crippen LogP contribution < -0.4 is 0 Å². The molecule has 2 aromatic carbocycles. The van der Waals surface area contributed by atoms with E-state index in [1.165, 1.54) is 11.1 Å². The van der Waals surface area contributed by atoms with Gasteiger partial charge in [0.05, 0.1) is 6.04 Å². The monoisotopic (exact) mass is 480 g/mol. The molecule has 1 atom stereocenters. The summed E-state index contributed by atoms with van der Waals surface area (Å²) in [7, 11) is 0. The van der Waals surface area contributed by atoms with Crippen LogP contribution in [0.1, 0.15) is 76.1 Å². The Morgan fingerprint density at radius 1 is 1.10 bits per heavy atom. The minimum Gasteiger partial charge on any atom is -0.306 e. The summed E-state index contributed by atoms with van der Waals surface area (Å²) in [6.45, 7) is 11.2. The number of amides is 1. The lowest BCUT2D eigenvalue weighted by molar-refractivity contribution is -0.132. The van der Waals surface area contributed by atoms with E-state index in [4.69, 9.17) is 4.99 Å². The van der Waals surface area contributed by atoms with Crippen LogP contribution in [0, 0.1) is 18.3 Å². The molecule has 1 aliphatic carbocycles. The second-order valence-electron chi connectivity index (χ2n) is 10.4. The smallest absolute Gasteiger partial charge is 0.275 e. The number of benzene rings is 2. The minimum absolute atomic E-state index is 0.0207. The molecule has 0 aromatic heterocycles. The van der Waals surface area contributed by atoms with Gasteiger partial charge in [-0.25, -0.2) is 0 Å². The number of carbonyl (C=O) groups excluding carboxylic acids is 1. The van der Waals surface area contributed by atoms with E-state index >= 15 is 0 Å². The molecule has 0 N–H and O–H groups in total. The van der Waals surface area contributed by atoms with Crippen LogP contribution in [0.3, 0.4) is 0 Å². The second kappa shape index (κ2) is 8.20. The number of hydrogen-bond acceptors (Lipinski definition) is 2. The highest BCUT2D eigenvalue weighted by atomic mass is 79.9. The van der Waals surface area contributed by atoms with E-state index in [9.17, 15) is 4.79 Å². The van der Waals surface area contributed by atoms with Crippen LogP contribution in [-0.4, -0.2) is 22.2 Å². The number of aliphatic imine (C=N–C) groups is 1. The maximum atomic E-state index is 13.8. The van der Waals surface area contributed by atoms with Crippen molar-refractivity contribution in [1.82, 2.24) is 4.90 Å². The summed E-state index contributed by atoms with van der Waals surface area (Å²) >= 11 is 3.55. The molecule has 3 nitrogen and oxygen atoms in total. The van der Waals surface area contributed by atoms with Gasteiger partial charge < -0.3 is 4.90 Å². The topological polar surface area (TPSA) is 32.7 Å². The lowest BCUT2D eigenvalue weighted by atomic mass is 9.69. The summed E-state index contributed by atoms with van der Waals surface area (Å²) in [5, 5.41) is 0. The van der Waals surface area contributed by atoms with E-state index in [2.05, 4.69) is 79.7 Å². The van der Waals surface area contributed by atoms with Gasteiger partial charge in [0.15, 0.2) is 0 Å². The zero-order valence-corrected chi connectivity index (χ0v) is 20.9. The minimum atomic E-state index is -0.444. The van der Waals surface area contributed by atoms with Gasteiger partial charge in [-0.15, -0.1) is 0 Å². The third-order valence-corrected chi connectivity index (χ3v) is 7.74. The van der Waals surface area contributed by atoms with Gasteiger partial charge in [0.25, 0.3) is 5.91 Å². The number of aryl methyl sites for hydroxylation is 1. The van der Waals surface area contributed by atoms with E-state index in [1.807, 2.05) is 24.3 Å². The van der Waals surface area contributed by atoms with E-state index in [1.54, 1.807) is 0 Å². The third-order valence-electron chi connectivity index (χ3n) is 7.25. The number of rotatable bonds is 3. The fraction of sp³-hybridized carbons (Fsp3) is 0.481. The lowest BCUT2D eigenvalue weighted by Crippen LogP contribution is -2.50. The van der Waals surface area contributed by atoms with Gasteiger partial charge in [-0.3, -0.25) is 9.79 Å². The molecule has 1 heterocycles. The molecule has 1 amide bonds.